The van der Waals surface area contributed by atoms with Crippen LogP contribution >= 0.6 is 0 Å². The van der Waals surface area contributed by atoms with Gasteiger partial charge in [0.05, 0.1) is 6.54 Å². The first-order valence-corrected chi connectivity index (χ1v) is 21.7. The van der Waals surface area contributed by atoms with Crippen LogP contribution in [0.2, 0.25) is 0 Å². The van der Waals surface area contributed by atoms with E-state index in [4.69, 9.17) is 68.7 Å². The highest BCUT2D eigenvalue weighted by molar-refractivity contribution is 6.68. The minimum Gasteiger partial charge on any atom is -0.375 e. The average molecular weight is 779 g/mol. The van der Waals surface area contributed by atoms with Crippen LogP contribution in [0.25, 0.3) is 11.0 Å². The average Bonchev–Trinajstić information content (AvgIpc) is 3.98. The van der Waals surface area contributed by atoms with Crippen molar-refractivity contribution >= 4 is 66.9 Å². The first-order valence-electron chi connectivity index (χ1n) is 20.0. The van der Waals surface area contributed by atoms with Crippen LogP contribution in [0.4, 0.5) is 11.6 Å². The fraction of sp³-hybridized carbons (Fsp3) is 0.421. The molecule has 18 nitrogen and oxygen atoms in total. The molecule has 0 amide bonds. The Morgan fingerprint density at radius 2 is 1.26 bits per heavy atom. The summed E-state index contributed by atoms with van der Waals surface area (Å²) in [5, 5.41) is 7.20. The number of aliphatic imine (C=N–C) groups is 6. The number of aromatic nitrogens is 7. The van der Waals surface area contributed by atoms with Crippen LogP contribution in [-0.4, -0.2) is 103 Å². The Kier molecular flexibility index (Phi) is 7.62. The highest BCUT2D eigenvalue weighted by Gasteiger charge is 2.62. The summed E-state index contributed by atoms with van der Waals surface area (Å²) in [7, 11) is -4.21. The lowest BCUT2D eigenvalue weighted by molar-refractivity contribution is 0.0677. The molecule has 0 radical (unpaired) electrons. The number of rotatable bonds is 6. The summed E-state index contributed by atoms with van der Waals surface area (Å²) in [4.78, 5) is 60.4. The normalized spacial score (nSPS) is 23.1. The quantitative estimate of drug-likeness (QED) is 0.268. The molecular formula is C38H38N16O2Si. The van der Waals surface area contributed by atoms with E-state index >= 15 is 0 Å². The number of nitrogens with zero attached hydrogens (tertiary/aromatic N) is 14. The minimum atomic E-state index is -4.21. The lowest BCUT2D eigenvalue weighted by atomic mass is 9.90. The molecule has 0 spiro atoms. The smallest absolute Gasteiger partial charge is 0.375 e. The molecule has 8 aliphatic rings. The molecule has 0 aromatic carbocycles. The zero-order valence-electron chi connectivity index (χ0n) is 31.0. The number of amidine groups is 5. The van der Waals surface area contributed by atoms with Crippen LogP contribution < -0.4 is 10.6 Å². The topological polar surface area (TPSA) is 202 Å². The predicted molar refractivity (Wildman–Crippen MR) is 213 cm³/mol. The molecule has 2 N–H and O–H groups in total. The molecule has 2 saturated carbocycles. The van der Waals surface area contributed by atoms with Crippen molar-refractivity contribution in [3.05, 3.63) is 71.4 Å². The Hall–Kier alpha value is -5.92. The van der Waals surface area contributed by atoms with Crippen molar-refractivity contribution in [3.63, 3.8) is 0 Å². The van der Waals surface area contributed by atoms with Gasteiger partial charge in [-0.2, -0.15) is 0 Å². The summed E-state index contributed by atoms with van der Waals surface area (Å²) < 4.78 is 19.6. The summed E-state index contributed by atoms with van der Waals surface area (Å²) in [6, 6.07) is 0. The van der Waals surface area contributed by atoms with Gasteiger partial charge in [0, 0.05) is 56.6 Å². The lowest BCUT2D eigenvalue weighted by Gasteiger charge is -2.43. The van der Waals surface area contributed by atoms with Gasteiger partial charge in [0.1, 0.15) is 51.4 Å². The van der Waals surface area contributed by atoms with Crippen LogP contribution in [0.3, 0.4) is 0 Å². The van der Waals surface area contributed by atoms with Gasteiger partial charge in [0.15, 0.2) is 40.8 Å². The molecule has 6 bridgehead atoms. The van der Waals surface area contributed by atoms with E-state index in [1.165, 1.54) is 12.8 Å². The molecule has 1 atom stereocenters. The van der Waals surface area contributed by atoms with E-state index in [1.54, 1.807) is 37.2 Å². The minimum absolute atomic E-state index is 0.329. The molecule has 12 rings (SSSR count). The lowest BCUT2D eigenvalue weighted by Crippen LogP contribution is -2.68. The van der Waals surface area contributed by atoms with E-state index in [0.29, 0.717) is 118 Å². The molecule has 2 aliphatic carbocycles. The summed E-state index contributed by atoms with van der Waals surface area (Å²) in [6.07, 6.45) is 22.5. The number of hydrogen-bond donors (Lipinski definition) is 2. The van der Waals surface area contributed by atoms with Crippen molar-refractivity contribution in [1.29, 1.82) is 0 Å². The van der Waals surface area contributed by atoms with Crippen molar-refractivity contribution < 1.29 is 8.85 Å². The van der Waals surface area contributed by atoms with Gasteiger partial charge >= 0.3 is 8.88 Å². The zero-order valence-corrected chi connectivity index (χ0v) is 32.0. The highest BCUT2D eigenvalue weighted by atomic mass is 28.4. The van der Waals surface area contributed by atoms with Gasteiger partial charge in [0.2, 0.25) is 0 Å². The second-order valence-corrected chi connectivity index (χ2v) is 18.1. The molecule has 57 heavy (non-hydrogen) atoms. The van der Waals surface area contributed by atoms with Crippen molar-refractivity contribution in [2.24, 2.45) is 41.8 Å². The third kappa shape index (κ3) is 5.14. The molecule has 4 aromatic rings. The Labute approximate surface area is 327 Å². The fourth-order valence-corrected chi connectivity index (χ4v) is 12.8. The Morgan fingerprint density at radius 1 is 0.632 bits per heavy atom. The largest absolute Gasteiger partial charge is 0.599 e. The van der Waals surface area contributed by atoms with Gasteiger partial charge in [0.25, 0.3) is 0 Å². The second-order valence-electron chi connectivity index (χ2n) is 15.5. The van der Waals surface area contributed by atoms with Gasteiger partial charge in [-0.15, -0.1) is 0 Å². The van der Waals surface area contributed by atoms with Crippen LogP contribution in [0.1, 0.15) is 93.1 Å². The number of hydrogen-bond acceptors (Lipinski definition) is 17. The molecule has 4 aromatic heterocycles. The summed E-state index contributed by atoms with van der Waals surface area (Å²) in [5.41, 5.74) is 4.57. The summed E-state index contributed by atoms with van der Waals surface area (Å²) in [5.74, 6) is 3.71. The molecule has 10 heterocycles. The molecule has 6 aliphatic heterocycles. The zero-order chi connectivity index (χ0) is 37.5. The maximum Gasteiger partial charge on any atom is 0.599 e. The van der Waals surface area contributed by atoms with Crippen molar-refractivity contribution in [2.45, 2.75) is 70.4 Å². The van der Waals surface area contributed by atoms with Gasteiger partial charge in [-0.25, -0.2) is 49.9 Å². The highest BCUT2D eigenvalue weighted by Crippen LogP contribution is 2.47. The van der Waals surface area contributed by atoms with Crippen LogP contribution in [0, 0.1) is 11.8 Å². The number of nitrogens with one attached hydrogen (secondary N) is 2. The SMILES string of the molecule is C1=NC2=C(NC1)C1=Nc3c4nccnc4c4n3[Si](OCC3CCCCC3)(OCC3CCCCC3)N3C(=NC2=N1)c1nccnc1C3NC1=NC(=N4)c2nccnc21. The van der Waals surface area contributed by atoms with Crippen LogP contribution in [0.15, 0.2) is 78.5 Å². The van der Waals surface area contributed by atoms with Gasteiger partial charge in [-0.3, -0.25) is 18.8 Å². The Balaban J connectivity index is 1.22. The fourth-order valence-electron chi connectivity index (χ4n) is 9.30. The van der Waals surface area contributed by atoms with Crippen molar-refractivity contribution in [2.75, 3.05) is 19.8 Å². The van der Waals surface area contributed by atoms with E-state index in [0.717, 1.165) is 51.4 Å². The van der Waals surface area contributed by atoms with Crippen molar-refractivity contribution in [1.82, 2.24) is 49.3 Å². The second kappa shape index (κ2) is 13.1. The first kappa shape index (κ1) is 33.2. The van der Waals surface area contributed by atoms with E-state index in [9.17, 15) is 0 Å². The van der Waals surface area contributed by atoms with E-state index in [-0.39, 0.29) is 0 Å². The predicted octanol–water partition coefficient (Wildman–Crippen LogP) is 4.03. The van der Waals surface area contributed by atoms with Crippen molar-refractivity contribution in [3.8, 4) is 0 Å². The van der Waals surface area contributed by atoms with Gasteiger partial charge in [-0.1, -0.05) is 38.5 Å². The Morgan fingerprint density at radius 3 is 1.98 bits per heavy atom. The standard InChI is InChI=1S/C38H38N16O2Si/c1-3-7-21(8-4-1)19-55-57(56-20-22-9-5-2-6-10-22)53-35-27-28(44-16-15-43-27)37(53)51-33-25-26(42-14-13-41-25)34(48-33)52-38-30-29(45-17-18-46-30)36(54(38)57)50-32-24-23(31(47-32)49-35)39-11-12-40-24/h11-13,15-18,21-22,35,42H,1-10,14,19-20H2,(H,47,49,50). The Bertz CT molecular complexity index is 2560. The summed E-state index contributed by atoms with van der Waals surface area (Å²) in [6.45, 7) is 1.42. The monoisotopic (exact) mass is 778 g/mol. The maximum atomic E-state index is 7.72. The maximum absolute atomic E-state index is 7.72. The first-order chi connectivity index (χ1) is 28.2. The van der Waals surface area contributed by atoms with E-state index in [2.05, 4.69) is 15.2 Å². The number of fused-ring (bicyclic) bond motifs is 13. The third-order valence-corrected chi connectivity index (χ3v) is 15.2. The van der Waals surface area contributed by atoms with Gasteiger partial charge in [-0.05, 0) is 37.5 Å². The van der Waals surface area contributed by atoms with Gasteiger partial charge < -0.3 is 19.5 Å². The molecular weight excluding hydrogens is 741 g/mol. The van der Waals surface area contributed by atoms with Crippen LogP contribution in [0.5, 0.6) is 0 Å². The molecule has 2 fully saturated rings. The third-order valence-electron chi connectivity index (χ3n) is 12.0. The van der Waals surface area contributed by atoms with Crippen LogP contribution in [-0.2, 0) is 8.85 Å². The molecule has 19 heteroatoms. The molecule has 286 valence electrons. The summed E-state index contributed by atoms with van der Waals surface area (Å²) >= 11 is 0. The molecule has 0 saturated heterocycles. The molecule has 1 unspecified atom stereocenters. The van der Waals surface area contributed by atoms with E-state index in [1.807, 2.05) is 10.4 Å². The van der Waals surface area contributed by atoms with E-state index < -0.39 is 15.0 Å².